The molecule has 3 aliphatic heterocycles. The van der Waals surface area contributed by atoms with Gasteiger partial charge in [0.15, 0.2) is 6.29 Å². The third kappa shape index (κ3) is 8.32. The molecular formula is C37H52ClN3O6S. The van der Waals surface area contributed by atoms with Crippen molar-refractivity contribution < 1.29 is 27.4 Å². The van der Waals surface area contributed by atoms with Crippen molar-refractivity contribution in [3.8, 4) is 5.75 Å². The normalized spacial score (nSPS) is 31.7. The maximum absolute atomic E-state index is 13.4. The second-order valence-corrected chi connectivity index (χ2v) is 17.1. The third-order valence-electron chi connectivity index (χ3n) is 11.4. The molecule has 0 spiro atoms. The number of benzene rings is 2. The molecule has 4 aliphatic rings. The molecule has 1 N–H and O–H groups in total. The first kappa shape index (κ1) is 35.5. The van der Waals surface area contributed by atoms with Crippen LogP contribution in [0.15, 0.2) is 36.4 Å². The molecule has 0 aromatic heterocycles. The fraction of sp³-hybridized carbons (Fsp3) is 0.649. The molecule has 6 rings (SSSR count). The smallest absolute Gasteiger partial charge is 0.264 e. The van der Waals surface area contributed by atoms with Crippen molar-refractivity contribution >= 4 is 33.2 Å². The number of nitrogens with one attached hydrogen (secondary N) is 1. The number of amides is 1. The van der Waals surface area contributed by atoms with E-state index in [9.17, 15) is 13.2 Å². The zero-order chi connectivity index (χ0) is 34.0. The number of fused-ring (bicyclic) bond motifs is 3. The van der Waals surface area contributed by atoms with Gasteiger partial charge >= 0.3 is 0 Å². The number of hydrogen-bond acceptors (Lipinski definition) is 8. The lowest BCUT2D eigenvalue weighted by atomic mass is 9.64. The molecule has 48 heavy (non-hydrogen) atoms. The molecule has 9 nitrogen and oxygen atoms in total. The highest BCUT2D eigenvalue weighted by Crippen LogP contribution is 2.46. The van der Waals surface area contributed by atoms with Crippen molar-refractivity contribution in [1.29, 1.82) is 0 Å². The first-order valence-electron chi connectivity index (χ1n) is 17.7. The maximum Gasteiger partial charge on any atom is 0.264 e. The van der Waals surface area contributed by atoms with Crippen molar-refractivity contribution in [3.05, 3.63) is 58.1 Å². The Morgan fingerprint density at radius 3 is 2.42 bits per heavy atom. The van der Waals surface area contributed by atoms with Gasteiger partial charge in [0.1, 0.15) is 12.4 Å². The number of ether oxygens (including phenoxy) is 3. The van der Waals surface area contributed by atoms with Crippen molar-refractivity contribution in [2.75, 3.05) is 51.1 Å². The van der Waals surface area contributed by atoms with Gasteiger partial charge in [0.2, 0.25) is 10.0 Å². The van der Waals surface area contributed by atoms with E-state index in [2.05, 4.69) is 35.5 Å². The van der Waals surface area contributed by atoms with Crippen LogP contribution >= 0.6 is 11.6 Å². The summed E-state index contributed by atoms with van der Waals surface area (Å²) < 4.78 is 48.3. The lowest BCUT2D eigenvalue weighted by molar-refractivity contribution is -0.241. The van der Waals surface area contributed by atoms with Crippen LogP contribution in [0.25, 0.3) is 0 Å². The minimum Gasteiger partial charge on any atom is -0.487 e. The monoisotopic (exact) mass is 701 g/mol. The molecule has 11 heteroatoms. The maximum atomic E-state index is 13.4. The Labute approximate surface area is 291 Å². The molecule has 1 saturated heterocycles. The third-order valence-corrected chi connectivity index (χ3v) is 13.1. The first-order valence-corrected chi connectivity index (χ1v) is 19.7. The van der Waals surface area contributed by atoms with E-state index in [1.165, 1.54) is 5.56 Å². The molecule has 0 unspecified atom stereocenters. The van der Waals surface area contributed by atoms with Crippen molar-refractivity contribution in [2.45, 2.75) is 77.7 Å². The second kappa shape index (κ2) is 15.3. The molecule has 1 amide bonds. The van der Waals surface area contributed by atoms with E-state index in [4.69, 9.17) is 25.8 Å². The van der Waals surface area contributed by atoms with Gasteiger partial charge in [0, 0.05) is 29.6 Å². The summed E-state index contributed by atoms with van der Waals surface area (Å²) in [6.07, 6.45) is 6.58. The molecular weight excluding hydrogens is 650 g/mol. The highest BCUT2D eigenvalue weighted by molar-refractivity contribution is 7.90. The zero-order valence-corrected chi connectivity index (χ0v) is 30.4. The quantitative estimate of drug-likeness (QED) is 0.400. The van der Waals surface area contributed by atoms with E-state index >= 15 is 0 Å². The summed E-state index contributed by atoms with van der Waals surface area (Å²) in [7, 11) is 0.259. The van der Waals surface area contributed by atoms with E-state index in [0.717, 1.165) is 74.3 Å². The van der Waals surface area contributed by atoms with Crippen LogP contribution < -0.4 is 14.4 Å². The number of halogens is 1. The summed E-state index contributed by atoms with van der Waals surface area (Å²) in [6, 6.07) is 11.5. The van der Waals surface area contributed by atoms with Crippen LogP contribution in [0.2, 0.25) is 5.02 Å². The summed E-state index contributed by atoms with van der Waals surface area (Å²) in [4.78, 5) is 18.0. The van der Waals surface area contributed by atoms with Gasteiger partial charge in [-0.1, -0.05) is 31.5 Å². The molecule has 5 atom stereocenters. The molecule has 2 bridgehead atoms. The highest BCUT2D eigenvalue weighted by atomic mass is 35.5. The number of rotatable bonds is 2. The van der Waals surface area contributed by atoms with Gasteiger partial charge in [-0.05, 0) is 124 Å². The number of hydrogen-bond donors (Lipinski definition) is 1. The number of nitrogens with zero attached hydrogens (tertiary/aromatic N) is 2. The Morgan fingerprint density at radius 1 is 0.917 bits per heavy atom. The Bertz CT molecular complexity index is 1550. The predicted octanol–water partition coefficient (Wildman–Crippen LogP) is 6.13. The van der Waals surface area contributed by atoms with Crippen LogP contribution in [0, 0.1) is 29.6 Å². The van der Waals surface area contributed by atoms with Crippen molar-refractivity contribution in [2.24, 2.45) is 29.6 Å². The average Bonchev–Trinajstić information content (AvgIpc) is 3.07. The Morgan fingerprint density at radius 2 is 1.69 bits per heavy atom. The lowest BCUT2D eigenvalue weighted by Crippen LogP contribution is -2.51. The van der Waals surface area contributed by atoms with Gasteiger partial charge in [0.05, 0.1) is 30.7 Å². The summed E-state index contributed by atoms with van der Waals surface area (Å²) in [5, 5.41) is 0.720. The Hall–Kier alpha value is -2.37. The summed E-state index contributed by atoms with van der Waals surface area (Å²) in [5.41, 5.74) is 3.42. The Kier molecular flexibility index (Phi) is 11.3. The second-order valence-electron chi connectivity index (χ2n) is 14.8. The molecule has 2 aromatic rings. The van der Waals surface area contributed by atoms with E-state index in [0.29, 0.717) is 43.0 Å². The zero-order valence-electron chi connectivity index (χ0n) is 28.8. The fourth-order valence-corrected chi connectivity index (χ4v) is 9.54. The topological polar surface area (TPSA) is 97.4 Å². The van der Waals surface area contributed by atoms with E-state index in [1.807, 2.05) is 37.3 Å². The number of carbonyl (C=O) groups excluding carboxylic acids is 1. The molecule has 3 heterocycles. The van der Waals surface area contributed by atoms with Gasteiger partial charge in [-0.2, -0.15) is 0 Å². The summed E-state index contributed by atoms with van der Waals surface area (Å²) in [6.45, 7) is 7.36. The van der Waals surface area contributed by atoms with Crippen LogP contribution in [-0.2, 0) is 32.5 Å². The number of sulfonamides is 1. The van der Waals surface area contributed by atoms with Gasteiger partial charge in [0.25, 0.3) is 5.91 Å². The number of anilines is 1. The Balaban J connectivity index is 1.34. The molecule has 264 valence electrons. The average molecular weight is 702 g/mol. The molecule has 1 aliphatic carbocycles. The minimum absolute atomic E-state index is 0.110. The van der Waals surface area contributed by atoms with E-state index in [-0.39, 0.29) is 35.8 Å². The van der Waals surface area contributed by atoms with E-state index < -0.39 is 15.9 Å². The van der Waals surface area contributed by atoms with Crippen LogP contribution in [0.1, 0.15) is 73.9 Å². The van der Waals surface area contributed by atoms with Crippen molar-refractivity contribution in [1.82, 2.24) is 9.62 Å². The van der Waals surface area contributed by atoms with Crippen molar-refractivity contribution in [3.63, 3.8) is 0 Å². The number of aryl methyl sites for hydroxylation is 1. The summed E-state index contributed by atoms with van der Waals surface area (Å²) in [5.74, 6) is 1.06. The first-order chi connectivity index (χ1) is 23.0. The fourth-order valence-electron chi connectivity index (χ4n) is 7.85. The van der Waals surface area contributed by atoms with Crippen LogP contribution in [0.5, 0.6) is 5.75 Å². The molecule has 2 fully saturated rings. The number of carbonyl (C=O) groups is 1. The van der Waals surface area contributed by atoms with Gasteiger partial charge < -0.3 is 24.0 Å². The molecule has 0 radical (unpaired) electrons. The van der Waals surface area contributed by atoms with Crippen LogP contribution in [0.4, 0.5) is 5.69 Å². The molecule has 1 saturated carbocycles. The number of likely N-dealkylation sites (N-methyl/N-ethyl adjacent to an activating group) is 1. The van der Waals surface area contributed by atoms with Gasteiger partial charge in [-0.15, -0.1) is 0 Å². The largest absolute Gasteiger partial charge is 0.487 e. The highest BCUT2D eigenvalue weighted by Gasteiger charge is 2.44. The van der Waals surface area contributed by atoms with Crippen LogP contribution in [0.3, 0.4) is 0 Å². The van der Waals surface area contributed by atoms with Crippen LogP contribution in [-0.4, -0.2) is 77.7 Å². The standard InChI is InChI=1S/C37H52ClN3O6S/c1-24-8-13-33(37-46-21-31(22-47-37)40(3)4)32-14-10-28(32)19-41-16-6-5-7-26-17-30(38)12-9-29(26)20-45-35-15-11-27(18-34(35)41)36(42)39-48(43,44)23-25(24)2/h9,11-12,15,17-18,24-25,28,31-33,37H,5-8,10,13-14,16,19-23H2,1-4H3,(H,39,42)/t24-,25+,28-,31-,32+,33+,37+/m0/s1. The molecule has 2 aromatic carbocycles. The summed E-state index contributed by atoms with van der Waals surface area (Å²) >= 11 is 6.37. The van der Waals surface area contributed by atoms with Gasteiger partial charge in [-0.3, -0.25) is 4.79 Å². The lowest BCUT2D eigenvalue weighted by Gasteiger charge is -2.48. The predicted molar refractivity (Wildman–Crippen MR) is 189 cm³/mol. The van der Waals surface area contributed by atoms with E-state index in [1.54, 1.807) is 6.07 Å². The minimum atomic E-state index is -3.86. The SMILES string of the molecule is C[C@@H]1CS(=O)(=O)NC(=O)c2ccc3c(c2)N(CCCCc2cc(Cl)ccc2CO3)C[C@@H]2CC[C@H]2[C@H]([C@H]2OC[C@@H](N(C)C)CO2)CC[C@@H]1C. The van der Waals surface area contributed by atoms with Gasteiger partial charge in [-0.25, -0.2) is 13.1 Å².